The van der Waals surface area contributed by atoms with Crippen LogP contribution in [-0.4, -0.2) is 6.72 Å². The zero-order chi connectivity index (χ0) is 35.3. The number of rotatable bonds is 8. The molecule has 5 aromatic rings. The standard InChI is InChI=1S/C48H43N3/c1-4-5-6-7-18-31-50-47(38-21-9-8-10-22-38)35-46(49-3)40-24-17-19-32-51-48-44-28-16-15-26-42(44)41-25-13-14-27-43(41)45(48)34-39-23-12-11-20-37(39)30-29-36(2)33-40/h4-33,35,47,50-51H,2-3,34H2,1H3/b5-4+,7-6-,24-17-,30-29-,31-18-,32-19+,40-33+,46-35-. The van der Waals surface area contributed by atoms with Gasteiger partial charge >= 0.3 is 0 Å². The summed E-state index contributed by atoms with van der Waals surface area (Å²) in [5.41, 5.74) is 8.37. The van der Waals surface area contributed by atoms with Crippen LogP contribution in [0.5, 0.6) is 0 Å². The molecule has 0 aromatic heterocycles. The number of allylic oxidation sites excluding steroid dienone is 11. The maximum absolute atomic E-state index is 4.53. The van der Waals surface area contributed by atoms with E-state index in [1.54, 1.807) is 0 Å². The lowest BCUT2D eigenvalue weighted by Gasteiger charge is -2.18. The van der Waals surface area contributed by atoms with Crippen LogP contribution in [0.3, 0.4) is 0 Å². The van der Waals surface area contributed by atoms with E-state index < -0.39 is 0 Å². The molecule has 5 aromatic carbocycles. The van der Waals surface area contributed by atoms with E-state index in [4.69, 9.17) is 0 Å². The van der Waals surface area contributed by atoms with Gasteiger partial charge in [-0.3, -0.25) is 4.99 Å². The summed E-state index contributed by atoms with van der Waals surface area (Å²) in [5.74, 6) is 0. The largest absolute Gasteiger partial charge is 0.381 e. The molecule has 0 radical (unpaired) electrons. The van der Waals surface area contributed by atoms with Crippen molar-refractivity contribution in [2.45, 2.75) is 19.4 Å². The molecule has 0 aliphatic carbocycles. The molecule has 2 N–H and O–H groups in total. The SMILES string of the molecule is C=NC(=C\C(N\C=C/C=C\C=C\C)c1ccccc1)/C1=C/C(=C)/C=C\c2ccccc2Cc2c(c3ccccc3c3ccccc23)N/C=C/C=C\1. The fourth-order valence-electron chi connectivity index (χ4n) is 6.36. The Balaban J connectivity index is 1.44. The van der Waals surface area contributed by atoms with Crippen molar-refractivity contribution in [2.24, 2.45) is 4.99 Å². The van der Waals surface area contributed by atoms with Crippen molar-refractivity contribution < 1.29 is 0 Å². The molecule has 1 unspecified atom stereocenters. The average Bonchev–Trinajstić information content (AvgIpc) is 3.18. The highest BCUT2D eigenvalue weighted by Crippen LogP contribution is 2.38. The van der Waals surface area contributed by atoms with Crippen molar-refractivity contribution >= 4 is 40.0 Å². The highest BCUT2D eigenvalue weighted by molar-refractivity contribution is 6.15. The zero-order valence-corrected chi connectivity index (χ0v) is 29.0. The lowest BCUT2D eigenvalue weighted by molar-refractivity contribution is 0.749. The third-order valence-electron chi connectivity index (χ3n) is 8.84. The normalized spacial score (nSPS) is 17.5. The van der Waals surface area contributed by atoms with Crippen molar-refractivity contribution in [3.63, 3.8) is 0 Å². The molecule has 0 amide bonds. The van der Waals surface area contributed by atoms with Crippen LogP contribution in [-0.2, 0) is 6.42 Å². The molecule has 1 heterocycles. The molecule has 3 nitrogen and oxygen atoms in total. The number of nitrogens with one attached hydrogen (secondary N) is 2. The minimum absolute atomic E-state index is 0.142. The van der Waals surface area contributed by atoms with Crippen LogP contribution in [0.15, 0.2) is 211 Å². The lowest BCUT2D eigenvalue weighted by atomic mass is 9.90. The summed E-state index contributed by atoms with van der Waals surface area (Å²) >= 11 is 0. The minimum Gasteiger partial charge on any atom is -0.381 e. The Hall–Kier alpha value is -6.45. The lowest BCUT2D eigenvalue weighted by Crippen LogP contribution is -2.13. The van der Waals surface area contributed by atoms with Gasteiger partial charge < -0.3 is 10.6 Å². The third-order valence-corrected chi connectivity index (χ3v) is 8.84. The van der Waals surface area contributed by atoms with E-state index in [9.17, 15) is 0 Å². The number of anilines is 1. The maximum atomic E-state index is 4.53. The molecule has 0 saturated heterocycles. The highest BCUT2D eigenvalue weighted by atomic mass is 14.9. The molecule has 0 spiro atoms. The van der Waals surface area contributed by atoms with Crippen molar-refractivity contribution in [2.75, 3.05) is 5.32 Å². The molecule has 0 saturated carbocycles. The second kappa shape index (κ2) is 17.3. The number of aliphatic imine (C=N–C) groups is 1. The average molecular weight is 662 g/mol. The molecule has 6 rings (SSSR count). The third kappa shape index (κ3) is 8.59. The Morgan fingerprint density at radius 2 is 1.43 bits per heavy atom. The molecule has 0 fully saturated rings. The number of nitrogens with zero attached hydrogens (tertiary/aromatic N) is 1. The van der Waals surface area contributed by atoms with Gasteiger partial charge in [0, 0.05) is 23.6 Å². The summed E-state index contributed by atoms with van der Waals surface area (Å²) in [6, 6.07) is 36.2. The Kier molecular flexibility index (Phi) is 11.7. The van der Waals surface area contributed by atoms with E-state index in [-0.39, 0.29) is 6.04 Å². The van der Waals surface area contributed by atoms with Gasteiger partial charge in [0.25, 0.3) is 0 Å². The van der Waals surface area contributed by atoms with Gasteiger partial charge in [-0.2, -0.15) is 0 Å². The molecule has 1 atom stereocenters. The van der Waals surface area contributed by atoms with E-state index in [1.165, 1.54) is 32.7 Å². The summed E-state index contributed by atoms with van der Waals surface area (Å²) in [4.78, 5) is 4.53. The Labute approximate surface area is 302 Å². The number of benzene rings is 5. The second-order valence-electron chi connectivity index (χ2n) is 12.2. The van der Waals surface area contributed by atoms with E-state index in [0.29, 0.717) is 0 Å². The van der Waals surface area contributed by atoms with Crippen LogP contribution >= 0.6 is 0 Å². The first-order valence-electron chi connectivity index (χ1n) is 17.3. The predicted octanol–water partition coefficient (Wildman–Crippen LogP) is 12.1. The van der Waals surface area contributed by atoms with Gasteiger partial charge in [0.15, 0.2) is 0 Å². The molecule has 250 valence electrons. The first-order valence-corrected chi connectivity index (χ1v) is 17.3. The molecule has 0 bridgehead atoms. The summed E-state index contributed by atoms with van der Waals surface area (Å²) in [7, 11) is 0. The Morgan fingerprint density at radius 3 is 2.22 bits per heavy atom. The van der Waals surface area contributed by atoms with Gasteiger partial charge in [0.2, 0.25) is 0 Å². The molecule has 3 heteroatoms. The fourth-order valence-corrected chi connectivity index (χ4v) is 6.36. The fraction of sp³-hybridized carbons (Fsp3) is 0.0625. The number of fused-ring (bicyclic) bond motifs is 7. The Morgan fingerprint density at radius 1 is 0.745 bits per heavy atom. The monoisotopic (exact) mass is 661 g/mol. The molecular weight excluding hydrogens is 619 g/mol. The maximum Gasteiger partial charge on any atom is 0.0716 e. The second-order valence-corrected chi connectivity index (χ2v) is 12.2. The Bertz CT molecular complexity index is 2270. The smallest absolute Gasteiger partial charge is 0.0716 e. The highest BCUT2D eigenvalue weighted by Gasteiger charge is 2.15. The summed E-state index contributed by atoms with van der Waals surface area (Å²) in [6.07, 6.45) is 29.2. The number of hydrogen-bond donors (Lipinski definition) is 2. The van der Waals surface area contributed by atoms with Crippen molar-refractivity contribution in [3.05, 3.63) is 228 Å². The van der Waals surface area contributed by atoms with E-state index in [2.05, 4.69) is 144 Å². The van der Waals surface area contributed by atoms with Gasteiger partial charge in [-0.05, 0) is 88.1 Å². The van der Waals surface area contributed by atoms with Crippen molar-refractivity contribution in [3.8, 4) is 0 Å². The van der Waals surface area contributed by atoms with E-state index in [0.717, 1.165) is 40.1 Å². The van der Waals surface area contributed by atoms with Crippen LogP contribution in [0, 0.1) is 0 Å². The van der Waals surface area contributed by atoms with Crippen LogP contribution < -0.4 is 10.6 Å². The van der Waals surface area contributed by atoms with Gasteiger partial charge in [0.05, 0.1) is 17.4 Å². The summed E-state index contributed by atoms with van der Waals surface area (Å²) in [5, 5.41) is 12.2. The van der Waals surface area contributed by atoms with Gasteiger partial charge in [-0.25, -0.2) is 0 Å². The van der Waals surface area contributed by atoms with E-state index in [1.807, 2.05) is 80.1 Å². The van der Waals surface area contributed by atoms with E-state index >= 15 is 0 Å². The van der Waals surface area contributed by atoms with Gasteiger partial charge in [-0.15, -0.1) is 0 Å². The topological polar surface area (TPSA) is 36.4 Å². The summed E-state index contributed by atoms with van der Waals surface area (Å²) in [6.45, 7) is 10.4. The predicted molar refractivity (Wildman–Crippen MR) is 222 cm³/mol. The molecule has 1 aliphatic rings. The molecule has 1 aliphatic heterocycles. The van der Waals surface area contributed by atoms with Crippen LogP contribution in [0.1, 0.15) is 35.2 Å². The molecular formula is C48H43N3. The van der Waals surface area contributed by atoms with Crippen molar-refractivity contribution in [1.82, 2.24) is 5.32 Å². The first kappa shape index (κ1) is 34.4. The summed E-state index contributed by atoms with van der Waals surface area (Å²) < 4.78 is 0. The van der Waals surface area contributed by atoms with Crippen LogP contribution in [0.2, 0.25) is 0 Å². The number of hydrogen-bond acceptors (Lipinski definition) is 3. The first-order chi connectivity index (χ1) is 25.2. The zero-order valence-electron chi connectivity index (χ0n) is 29.0. The minimum atomic E-state index is -0.142. The van der Waals surface area contributed by atoms with Crippen LogP contribution in [0.25, 0.3) is 27.6 Å². The van der Waals surface area contributed by atoms with Gasteiger partial charge in [-0.1, -0.05) is 158 Å². The van der Waals surface area contributed by atoms with Gasteiger partial charge in [0.1, 0.15) is 0 Å². The van der Waals surface area contributed by atoms with Crippen molar-refractivity contribution in [1.29, 1.82) is 0 Å². The molecule has 51 heavy (non-hydrogen) atoms. The quantitative estimate of drug-likeness (QED) is 0.0986. The van der Waals surface area contributed by atoms with Crippen LogP contribution in [0.4, 0.5) is 5.69 Å².